The second kappa shape index (κ2) is 9.90. The van der Waals surface area contributed by atoms with E-state index in [-0.39, 0.29) is 29.7 Å². The van der Waals surface area contributed by atoms with E-state index in [9.17, 15) is 14.4 Å². The third kappa shape index (κ3) is 5.58. The topological polar surface area (TPSA) is 75.7 Å². The molecule has 1 heterocycles. The fraction of sp³-hybridized carbons (Fsp3) is 0.609. The molecule has 1 aromatic rings. The highest BCUT2D eigenvalue weighted by atomic mass is 16.5. The van der Waals surface area contributed by atoms with Crippen molar-refractivity contribution in [1.82, 2.24) is 10.2 Å². The van der Waals surface area contributed by atoms with Gasteiger partial charge in [-0.1, -0.05) is 37.5 Å². The number of piperidine rings is 1. The number of nitrogens with one attached hydrogen (secondary N) is 1. The van der Waals surface area contributed by atoms with Crippen molar-refractivity contribution in [2.24, 2.45) is 5.92 Å². The number of likely N-dealkylation sites (tertiary alicyclic amines) is 1. The van der Waals surface area contributed by atoms with Crippen molar-refractivity contribution in [2.75, 3.05) is 13.1 Å². The number of amides is 2. The summed E-state index contributed by atoms with van der Waals surface area (Å²) in [6, 6.07) is 7.75. The lowest BCUT2D eigenvalue weighted by Gasteiger charge is -2.32. The normalized spacial score (nSPS) is 19.4. The maximum Gasteiger partial charge on any atom is 0.309 e. The fourth-order valence-corrected chi connectivity index (χ4v) is 4.19. The molecule has 0 unspecified atom stereocenters. The van der Waals surface area contributed by atoms with Gasteiger partial charge in [0.25, 0.3) is 11.8 Å². The van der Waals surface area contributed by atoms with E-state index in [4.69, 9.17) is 4.74 Å². The second-order valence-electron chi connectivity index (χ2n) is 8.30. The van der Waals surface area contributed by atoms with Crippen molar-refractivity contribution in [3.05, 3.63) is 35.4 Å². The number of benzene rings is 1. The molecule has 0 aromatic heterocycles. The lowest BCUT2D eigenvalue weighted by molar-refractivity contribution is -0.160. The Hall–Kier alpha value is -2.37. The number of rotatable bonds is 5. The number of carbonyl (C=O) groups excluding carboxylic acids is 3. The van der Waals surface area contributed by atoms with Gasteiger partial charge in [-0.05, 0) is 51.2 Å². The molecule has 2 fully saturated rings. The Bertz CT molecular complexity index is 734. The Balaban J connectivity index is 1.45. The van der Waals surface area contributed by atoms with E-state index in [2.05, 4.69) is 5.32 Å². The molecule has 1 aliphatic carbocycles. The van der Waals surface area contributed by atoms with E-state index < -0.39 is 6.10 Å². The number of ether oxygens (including phenoxy) is 1. The predicted molar refractivity (Wildman–Crippen MR) is 110 cm³/mol. The van der Waals surface area contributed by atoms with E-state index in [1.54, 1.807) is 11.8 Å². The molecule has 158 valence electrons. The van der Waals surface area contributed by atoms with Crippen LogP contribution in [0.15, 0.2) is 24.3 Å². The third-order valence-electron chi connectivity index (χ3n) is 6.10. The summed E-state index contributed by atoms with van der Waals surface area (Å²) in [5.74, 6) is -0.798. The van der Waals surface area contributed by atoms with Crippen LogP contribution in [0.25, 0.3) is 0 Å². The van der Waals surface area contributed by atoms with Gasteiger partial charge < -0.3 is 15.0 Å². The number of nitrogens with zero attached hydrogens (tertiary/aromatic N) is 1. The zero-order chi connectivity index (χ0) is 20.8. The molecule has 3 rings (SSSR count). The molecule has 6 nitrogen and oxygen atoms in total. The van der Waals surface area contributed by atoms with E-state index >= 15 is 0 Å². The van der Waals surface area contributed by atoms with Crippen LogP contribution < -0.4 is 5.32 Å². The van der Waals surface area contributed by atoms with Gasteiger partial charge >= 0.3 is 5.97 Å². The van der Waals surface area contributed by atoms with Gasteiger partial charge in [-0.25, -0.2) is 0 Å². The summed E-state index contributed by atoms with van der Waals surface area (Å²) in [4.78, 5) is 39.3. The molecule has 1 atom stereocenters. The third-order valence-corrected chi connectivity index (χ3v) is 6.10. The summed E-state index contributed by atoms with van der Waals surface area (Å²) in [6.07, 6.45) is 5.84. The first-order chi connectivity index (χ1) is 14.0. The first-order valence-electron chi connectivity index (χ1n) is 10.8. The molecule has 1 N–H and O–H groups in total. The molecule has 2 aliphatic rings. The Labute approximate surface area is 173 Å². The average molecular weight is 401 g/mol. The predicted octanol–water partition coefficient (Wildman–Crippen LogP) is 3.23. The summed E-state index contributed by atoms with van der Waals surface area (Å²) in [6.45, 7) is 4.61. The maximum atomic E-state index is 12.7. The monoisotopic (exact) mass is 400 g/mol. The molecular formula is C23H32N2O4. The lowest BCUT2D eigenvalue weighted by Crippen LogP contribution is -2.45. The molecule has 2 amide bonds. The molecule has 0 spiro atoms. The summed E-state index contributed by atoms with van der Waals surface area (Å²) < 4.78 is 5.44. The highest BCUT2D eigenvalue weighted by molar-refractivity contribution is 5.95. The highest BCUT2D eigenvalue weighted by Gasteiger charge is 2.31. The molecule has 0 bridgehead atoms. The van der Waals surface area contributed by atoms with Crippen molar-refractivity contribution >= 4 is 17.8 Å². The minimum atomic E-state index is -0.781. The summed E-state index contributed by atoms with van der Waals surface area (Å²) >= 11 is 0. The van der Waals surface area contributed by atoms with Crippen LogP contribution >= 0.6 is 0 Å². The molecule has 1 aromatic carbocycles. The van der Waals surface area contributed by atoms with E-state index in [1.807, 2.05) is 31.2 Å². The molecule has 0 radical (unpaired) electrons. The highest BCUT2D eigenvalue weighted by Crippen LogP contribution is 2.22. The second-order valence-corrected chi connectivity index (χ2v) is 8.30. The lowest BCUT2D eigenvalue weighted by atomic mass is 9.95. The van der Waals surface area contributed by atoms with Gasteiger partial charge in [-0.2, -0.15) is 0 Å². The zero-order valence-corrected chi connectivity index (χ0v) is 17.5. The summed E-state index contributed by atoms with van der Waals surface area (Å²) in [5.41, 5.74) is 1.67. The van der Waals surface area contributed by atoms with E-state index in [0.29, 0.717) is 31.5 Å². The van der Waals surface area contributed by atoms with Crippen LogP contribution in [-0.2, 0) is 14.3 Å². The van der Waals surface area contributed by atoms with Gasteiger partial charge in [0.1, 0.15) is 0 Å². The number of esters is 1. The zero-order valence-electron chi connectivity index (χ0n) is 17.5. The van der Waals surface area contributed by atoms with Gasteiger partial charge in [-0.3, -0.25) is 14.4 Å². The average Bonchev–Trinajstić information content (AvgIpc) is 2.74. The van der Waals surface area contributed by atoms with Crippen LogP contribution in [0.1, 0.15) is 67.8 Å². The fourth-order valence-electron chi connectivity index (χ4n) is 4.19. The molecule has 1 saturated carbocycles. The number of aryl methyl sites for hydroxylation is 1. The molecule has 1 saturated heterocycles. The minimum absolute atomic E-state index is 0.00939. The van der Waals surface area contributed by atoms with Crippen molar-refractivity contribution in [2.45, 2.75) is 70.9 Å². The molecule has 1 aliphatic heterocycles. The van der Waals surface area contributed by atoms with Crippen LogP contribution in [0.5, 0.6) is 0 Å². The summed E-state index contributed by atoms with van der Waals surface area (Å²) in [7, 11) is 0. The Morgan fingerprint density at radius 1 is 1.03 bits per heavy atom. The van der Waals surface area contributed by atoms with Gasteiger partial charge in [-0.15, -0.1) is 0 Å². The van der Waals surface area contributed by atoms with Crippen molar-refractivity contribution < 1.29 is 19.1 Å². The first kappa shape index (κ1) is 21.3. The SMILES string of the molecule is Cc1ccccc1C(=O)N1CCC(C(=O)O[C@H](C)C(=O)NC2CCCCC2)CC1. The minimum Gasteiger partial charge on any atom is -0.452 e. The number of hydrogen-bond donors (Lipinski definition) is 1. The van der Waals surface area contributed by atoms with Crippen LogP contribution in [0.2, 0.25) is 0 Å². The van der Waals surface area contributed by atoms with Crippen molar-refractivity contribution in [3.8, 4) is 0 Å². The smallest absolute Gasteiger partial charge is 0.309 e. The largest absolute Gasteiger partial charge is 0.452 e. The Kier molecular flexibility index (Phi) is 7.29. The molecular weight excluding hydrogens is 368 g/mol. The van der Waals surface area contributed by atoms with Crippen LogP contribution in [0, 0.1) is 12.8 Å². The Morgan fingerprint density at radius 2 is 1.69 bits per heavy atom. The van der Waals surface area contributed by atoms with E-state index in [1.165, 1.54) is 6.42 Å². The van der Waals surface area contributed by atoms with Gasteiger partial charge in [0.2, 0.25) is 0 Å². The van der Waals surface area contributed by atoms with E-state index in [0.717, 1.165) is 31.2 Å². The van der Waals surface area contributed by atoms with Crippen LogP contribution in [0.3, 0.4) is 0 Å². The summed E-state index contributed by atoms with van der Waals surface area (Å²) in [5, 5.41) is 3.00. The van der Waals surface area contributed by atoms with Crippen LogP contribution in [0.4, 0.5) is 0 Å². The van der Waals surface area contributed by atoms with Crippen molar-refractivity contribution in [1.29, 1.82) is 0 Å². The maximum absolute atomic E-state index is 12.7. The van der Waals surface area contributed by atoms with Gasteiger partial charge in [0, 0.05) is 24.7 Å². The molecule has 29 heavy (non-hydrogen) atoms. The van der Waals surface area contributed by atoms with Gasteiger partial charge in [0.05, 0.1) is 5.92 Å². The Morgan fingerprint density at radius 3 is 2.34 bits per heavy atom. The number of carbonyl (C=O) groups is 3. The molecule has 6 heteroatoms. The quantitative estimate of drug-likeness (QED) is 0.770. The van der Waals surface area contributed by atoms with Gasteiger partial charge in [0.15, 0.2) is 6.10 Å². The number of hydrogen-bond acceptors (Lipinski definition) is 4. The van der Waals surface area contributed by atoms with Crippen LogP contribution in [-0.4, -0.2) is 47.9 Å². The van der Waals surface area contributed by atoms with Crippen molar-refractivity contribution in [3.63, 3.8) is 0 Å². The standard InChI is InChI=1S/C23H32N2O4/c1-16-8-6-7-11-20(16)22(27)25-14-12-18(13-15-25)23(28)29-17(2)21(26)24-19-9-4-3-5-10-19/h6-8,11,17-19H,3-5,9-10,12-15H2,1-2H3,(H,24,26)/t17-/m1/s1. The first-order valence-corrected chi connectivity index (χ1v) is 10.8.